The van der Waals surface area contributed by atoms with E-state index in [2.05, 4.69) is 41.5 Å². The number of unbranched alkanes of at least 4 members (excludes halogenated alkanes) is 15. The molecule has 0 bridgehead atoms. The first-order valence-electron chi connectivity index (χ1n) is 11.9. The van der Waals surface area contributed by atoms with Gasteiger partial charge in [0, 0.05) is 0 Å². The van der Waals surface area contributed by atoms with Crippen LogP contribution < -0.4 is 14.7 Å². The van der Waals surface area contributed by atoms with Crippen LogP contribution in [0.3, 0.4) is 0 Å². The van der Waals surface area contributed by atoms with Gasteiger partial charge >= 0.3 is 58.4 Å². The van der Waals surface area contributed by atoms with Gasteiger partial charge in [-0.3, -0.25) is 0 Å². The molecular weight excluding hydrogens is 579 g/mol. The van der Waals surface area contributed by atoms with Crippen molar-refractivity contribution in [2.75, 3.05) is 0 Å². The molecule has 0 heterocycles. The molecule has 0 aromatic carbocycles. The number of rotatable bonds is 15. The summed E-state index contributed by atoms with van der Waals surface area (Å²) in [6, 6.07) is 0. The van der Waals surface area contributed by atoms with Crippen LogP contribution in [-0.2, 0) is 63.0 Å². The summed E-state index contributed by atoms with van der Waals surface area (Å²) in [5.41, 5.74) is 0. The average Bonchev–Trinajstić information content (AvgIpc) is 2.66. The number of hydrogen-bond donors (Lipinski definition) is 0. The third kappa shape index (κ3) is 106. The maximum Gasteiger partial charge on any atom is 2.00 e. The minimum Gasteiger partial charge on any atom is -0.822 e. The molecule has 4 nitrogen and oxygen atoms in total. The van der Waals surface area contributed by atoms with Crippen molar-refractivity contribution in [3.05, 3.63) is 20.8 Å². The van der Waals surface area contributed by atoms with Gasteiger partial charge in [-0.25, -0.2) is 0 Å². The average molecular weight is 631 g/mol. The molecule has 0 unspecified atom stereocenters. The standard InChI is InChI=1S/3C8H17.H3O4P.3Zn/c3*1-3-5-7-8-6-4-2;1-5(2,3)4;;;/h3*1,3-8H2,2H3;(H3,1,2,3,4);;;/q3*-1;;3*+2/p-3. The van der Waals surface area contributed by atoms with Gasteiger partial charge in [0.25, 0.3) is 0 Å². The minimum atomic E-state index is -5.39. The van der Waals surface area contributed by atoms with Crippen LogP contribution in [-0.4, -0.2) is 0 Å². The summed E-state index contributed by atoms with van der Waals surface area (Å²) < 4.78 is 8.55. The van der Waals surface area contributed by atoms with Crippen LogP contribution in [0.2, 0.25) is 0 Å². The van der Waals surface area contributed by atoms with Gasteiger partial charge in [-0.05, 0) is 0 Å². The minimum absolute atomic E-state index is 0. The van der Waals surface area contributed by atoms with Crippen molar-refractivity contribution in [2.24, 2.45) is 0 Å². The van der Waals surface area contributed by atoms with Gasteiger partial charge < -0.3 is 40.0 Å². The molecule has 0 saturated carbocycles. The molecule has 0 radical (unpaired) electrons. The predicted molar refractivity (Wildman–Crippen MR) is 124 cm³/mol. The Labute approximate surface area is 241 Å². The Morgan fingerprint density at radius 1 is 0.469 bits per heavy atom. The van der Waals surface area contributed by atoms with E-state index < -0.39 is 7.82 Å². The largest absolute Gasteiger partial charge is 2.00 e. The second kappa shape index (κ2) is 50.0. The van der Waals surface area contributed by atoms with Gasteiger partial charge in [0.2, 0.25) is 0 Å². The van der Waals surface area contributed by atoms with E-state index in [0.717, 1.165) is 19.3 Å². The normalized spacial score (nSPS) is 9.16. The van der Waals surface area contributed by atoms with E-state index in [1.807, 2.05) is 0 Å². The van der Waals surface area contributed by atoms with Crippen LogP contribution in [0.25, 0.3) is 0 Å². The zero-order valence-corrected chi connectivity index (χ0v) is 31.8. The smallest absolute Gasteiger partial charge is 0.822 e. The second-order valence-electron chi connectivity index (χ2n) is 7.25. The first-order valence-corrected chi connectivity index (χ1v) is 13.3. The molecule has 0 saturated heterocycles. The van der Waals surface area contributed by atoms with Crippen molar-refractivity contribution in [1.82, 2.24) is 0 Å². The molecule has 8 heteroatoms. The Bertz CT molecular complexity index is 240. The Morgan fingerprint density at radius 2 is 0.625 bits per heavy atom. The molecule has 0 aromatic heterocycles. The summed E-state index contributed by atoms with van der Waals surface area (Å²) in [6.07, 6.45) is 23.9. The van der Waals surface area contributed by atoms with E-state index in [1.54, 1.807) is 0 Å². The fraction of sp³-hybridized carbons (Fsp3) is 0.875. The first kappa shape index (κ1) is 50.8. The van der Waals surface area contributed by atoms with Crippen LogP contribution in [0.15, 0.2) is 0 Å². The summed E-state index contributed by atoms with van der Waals surface area (Å²) in [4.78, 5) is 25.6. The SMILES string of the molecule is O=P([O-])([O-])[O-].[CH2-]CCCCCCC.[CH2-]CCCCCCC.[CH2-]CCCCCCC.[Zn+2].[Zn+2].[Zn+2]. The van der Waals surface area contributed by atoms with Gasteiger partial charge in [-0.15, -0.1) is 0 Å². The Kier molecular flexibility index (Phi) is 79.3. The molecular formula is C24H51O4PZn3. The Balaban J connectivity index is -0.0000000512. The van der Waals surface area contributed by atoms with Crippen molar-refractivity contribution >= 4 is 7.82 Å². The van der Waals surface area contributed by atoms with Crippen molar-refractivity contribution in [2.45, 2.75) is 136 Å². The third-order valence-electron chi connectivity index (χ3n) is 4.06. The fourth-order valence-corrected chi connectivity index (χ4v) is 2.34. The van der Waals surface area contributed by atoms with Gasteiger partial charge in [0.1, 0.15) is 0 Å². The van der Waals surface area contributed by atoms with Crippen molar-refractivity contribution in [1.29, 1.82) is 0 Å². The van der Waals surface area contributed by atoms with Crippen LogP contribution in [0, 0.1) is 20.8 Å². The molecule has 0 aromatic rings. The molecule has 0 atom stereocenters. The fourth-order valence-electron chi connectivity index (χ4n) is 2.34. The second-order valence-corrected chi connectivity index (χ2v) is 8.14. The quantitative estimate of drug-likeness (QED) is 0.0871. The molecule has 0 spiro atoms. The van der Waals surface area contributed by atoms with Gasteiger partial charge in [-0.1, -0.05) is 117 Å². The predicted octanol–water partition coefficient (Wildman–Crippen LogP) is 6.71. The monoisotopic (exact) mass is 626 g/mol. The van der Waals surface area contributed by atoms with Crippen molar-refractivity contribution < 1.29 is 77.7 Å². The summed E-state index contributed by atoms with van der Waals surface area (Å²) >= 11 is 0. The van der Waals surface area contributed by atoms with Crippen LogP contribution in [0.1, 0.15) is 136 Å². The van der Waals surface area contributed by atoms with Crippen molar-refractivity contribution in [3.8, 4) is 0 Å². The van der Waals surface area contributed by atoms with Crippen LogP contribution in [0.5, 0.6) is 0 Å². The van der Waals surface area contributed by atoms with Gasteiger partial charge in [0.05, 0.1) is 0 Å². The molecule has 0 aliphatic rings. The Hall–Kier alpha value is 1.98. The molecule has 0 aliphatic heterocycles. The van der Waals surface area contributed by atoms with Crippen LogP contribution >= 0.6 is 7.82 Å². The third-order valence-corrected chi connectivity index (χ3v) is 4.06. The molecule has 0 N–H and O–H groups in total. The maximum absolute atomic E-state index is 8.55. The Morgan fingerprint density at radius 3 is 0.750 bits per heavy atom. The van der Waals surface area contributed by atoms with E-state index in [1.165, 1.54) is 96.3 Å². The molecule has 0 aliphatic carbocycles. The van der Waals surface area contributed by atoms with E-state index in [0.29, 0.717) is 0 Å². The summed E-state index contributed by atoms with van der Waals surface area (Å²) in [5, 5.41) is 0. The molecule has 0 rings (SSSR count). The van der Waals surface area contributed by atoms with E-state index >= 15 is 0 Å². The zero-order valence-electron chi connectivity index (χ0n) is 22.1. The number of hydrogen-bond acceptors (Lipinski definition) is 4. The van der Waals surface area contributed by atoms with E-state index in [4.69, 9.17) is 19.2 Å². The molecule has 32 heavy (non-hydrogen) atoms. The summed E-state index contributed by atoms with van der Waals surface area (Å²) in [7, 11) is -5.39. The zero-order chi connectivity index (χ0) is 23.2. The van der Waals surface area contributed by atoms with E-state index in [9.17, 15) is 0 Å². The molecule has 182 valence electrons. The number of phosphoric acid groups is 1. The van der Waals surface area contributed by atoms with Crippen molar-refractivity contribution in [3.63, 3.8) is 0 Å². The summed E-state index contributed by atoms with van der Waals surface area (Å²) in [5.74, 6) is 0. The molecule has 0 amide bonds. The van der Waals surface area contributed by atoms with Crippen LogP contribution in [0.4, 0.5) is 0 Å². The molecule has 0 fully saturated rings. The van der Waals surface area contributed by atoms with E-state index in [-0.39, 0.29) is 58.4 Å². The topological polar surface area (TPSA) is 86.2 Å². The van der Waals surface area contributed by atoms with Gasteiger partial charge in [0.15, 0.2) is 0 Å². The summed E-state index contributed by atoms with van der Waals surface area (Å²) in [6.45, 7) is 18.1. The first-order chi connectivity index (χ1) is 13.7. The maximum atomic E-state index is 8.55. The van der Waals surface area contributed by atoms with Gasteiger partial charge in [-0.2, -0.15) is 27.1 Å².